The van der Waals surface area contributed by atoms with Crippen LogP contribution >= 0.6 is 0 Å². The van der Waals surface area contributed by atoms with Crippen LogP contribution in [-0.4, -0.2) is 62.8 Å². The molecule has 0 saturated carbocycles. The molecule has 0 aromatic heterocycles. The van der Waals surface area contributed by atoms with Gasteiger partial charge in [-0.1, -0.05) is 60.1 Å². The number of anilines is 1. The zero-order chi connectivity index (χ0) is 29.6. The Morgan fingerprint density at radius 1 is 0.947 bits per heavy atom. The summed E-state index contributed by atoms with van der Waals surface area (Å²) in [5.74, 6) is -1.00. The molecule has 1 rings (SSSR count). The molecule has 9 nitrogen and oxygen atoms in total. The van der Waals surface area contributed by atoms with Crippen molar-refractivity contribution in [1.29, 1.82) is 0 Å². The minimum Gasteiger partial charge on any atom is -0.379 e. The first-order chi connectivity index (χ1) is 17.9. The third-order valence-corrected chi connectivity index (χ3v) is 4.97. The van der Waals surface area contributed by atoms with Crippen molar-refractivity contribution in [2.75, 3.05) is 38.2 Å². The SMILES string of the molecule is CCC.CCN.CCc1ccc(NC(=O)[C@H](C)NC(=O)CNC(=O)C(C)(C)CCOCCOC(C)C)cc1. The molecule has 0 spiro atoms. The van der Waals surface area contributed by atoms with Gasteiger partial charge in [0.2, 0.25) is 17.7 Å². The van der Waals surface area contributed by atoms with Crippen molar-refractivity contribution >= 4 is 23.4 Å². The molecule has 0 aliphatic heterocycles. The highest BCUT2D eigenvalue weighted by Crippen LogP contribution is 2.20. The second-order valence-electron chi connectivity index (χ2n) is 9.79. The monoisotopic (exact) mass is 538 g/mol. The number of aryl methyl sites for hydroxylation is 1. The smallest absolute Gasteiger partial charge is 0.246 e. The Balaban J connectivity index is 0. The van der Waals surface area contributed by atoms with Gasteiger partial charge in [-0.05, 0) is 57.9 Å². The fourth-order valence-electron chi connectivity index (χ4n) is 2.72. The first-order valence-corrected chi connectivity index (χ1v) is 13.7. The van der Waals surface area contributed by atoms with Gasteiger partial charge in [-0.25, -0.2) is 0 Å². The van der Waals surface area contributed by atoms with E-state index < -0.39 is 17.4 Å². The Morgan fingerprint density at radius 3 is 2.00 bits per heavy atom. The van der Waals surface area contributed by atoms with Crippen LogP contribution in [-0.2, 0) is 30.3 Å². The second kappa shape index (κ2) is 22.5. The van der Waals surface area contributed by atoms with Crippen molar-refractivity contribution in [2.24, 2.45) is 11.1 Å². The summed E-state index contributed by atoms with van der Waals surface area (Å²) in [4.78, 5) is 36.9. The average molecular weight is 539 g/mol. The van der Waals surface area contributed by atoms with Crippen LogP contribution in [0.5, 0.6) is 0 Å². The molecule has 0 aliphatic rings. The molecule has 0 aliphatic carbocycles. The maximum atomic E-state index is 12.4. The minimum absolute atomic E-state index is 0.160. The Labute approximate surface area is 231 Å². The van der Waals surface area contributed by atoms with Gasteiger partial charge in [-0.3, -0.25) is 14.4 Å². The molecule has 1 aromatic carbocycles. The van der Waals surface area contributed by atoms with Crippen LogP contribution in [0.3, 0.4) is 0 Å². The number of rotatable bonds is 14. The molecule has 0 heterocycles. The van der Waals surface area contributed by atoms with E-state index >= 15 is 0 Å². The fraction of sp³-hybridized carbons (Fsp3) is 0.690. The Morgan fingerprint density at radius 2 is 1.50 bits per heavy atom. The number of benzene rings is 1. The maximum Gasteiger partial charge on any atom is 0.246 e. The van der Waals surface area contributed by atoms with Crippen molar-refractivity contribution < 1.29 is 23.9 Å². The number of nitrogens with one attached hydrogen (secondary N) is 3. The molecule has 0 unspecified atom stereocenters. The Kier molecular flexibility index (Phi) is 22.3. The fourth-order valence-corrected chi connectivity index (χ4v) is 2.72. The summed E-state index contributed by atoms with van der Waals surface area (Å²) in [5, 5.41) is 8.00. The lowest BCUT2D eigenvalue weighted by atomic mass is 9.88. The zero-order valence-electron chi connectivity index (χ0n) is 25.2. The number of hydrogen-bond acceptors (Lipinski definition) is 6. The highest BCUT2D eigenvalue weighted by molar-refractivity contribution is 5.97. The van der Waals surface area contributed by atoms with Crippen LogP contribution in [0.15, 0.2) is 24.3 Å². The van der Waals surface area contributed by atoms with Crippen LogP contribution in [0.1, 0.15) is 80.7 Å². The van der Waals surface area contributed by atoms with E-state index in [4.69, 9.17) is 15.2 Å². The number of carbonyl (C=O) groups is 3. The van der Waals surface area contributed by atoms with Crippen LogP contribution in [0, 0.1) is 5.41 Å². The molecule has 220 valence electrons. The highest BCUT2D eigenvalue weighted by Gasteiger charge is 2.27. The van der Waals surface area contributed by atoms with Crippen molar-refractivity contribution in [1.82, 2.24) is 10.6 Å². The van der Waals surface area contributed by atoms with E-state index in [1.807, 2.05) is 45.0 Å². The predicted molar refractivity (Wildman–Crippen MR) is 156 cm³/mol. The molecular formula is C29H54N4O5. The standard InChI is InChI=1S/C24H39N3O5.C3H8.C2H7N/c1-7-19-8-10-20(11-9-19)27-22(29)18(4)26-21(28)16-25-23(30)24(5,6)12-13-31-14-15-32-17(2)3;1-3-2;1-2-3/h8-11,17-18H,7,12-16H2,1-6H3,(H,25,30)(H,26,28)(H,27,29);3H2,1-2H3;2-3H2,1H3/t18-;;/m0../s1. The number of ether oxygens (including phenoxy) is 2. The summed E-state index contributed by atoms with van der Waals surface area (Å²) in [7, 11) is 0. The number of nitrogens with two attached hydrogens (primary N) is 1. The van der Waals surface area contributed by atoms with E-state index in [2.05, 4.69) is 36.7 Å². The maximum absolute atomic E-state index is 12.4. The van der Waals surface area contributed by atoms with E-state index in [-0.39, 0.29) is 24.5 Å². The van der Waals surface area contributed by atoms with Gasteiger partial charge in [0.15, 0.2) is 0 Å². The molecule has 1 atom stereocenters. The van der Waals surface area contributed by atoms with Crippen molar-refractivity contribution in [3.63, 3.8) is 0 Å². The van der Waals surface area contributed by atoms with Gasteiger partial charge in [0.25, 0.3) is 0 Å². The van der Waals surface area contributed by atoms with E-state index in [1.165, 1.54) is 12.0 Å². The van der Waals surface area contributed by atoms with Gasteiger partial charge in [-0.15, -0.1) is 0 Å². The van der Waals surface area contributed by atoms with Crippen molar-refractivity contribution in [2.45, 2.75) is 93.7 Å². The van der Waals surface area contributed by atoms with Crippen LogP contribution < -0.4 is 21.7 Å². The molecule has 9 heteroatoms. The van der Waals surface area contributed by atoms with Crippen LogP contribution in [0.4, 0.5) is 5.69 Å². The molecule has 1 aromatic rings. The highest BCUT2D eigenvalue weighted by atomic mass is 16.5. The first kappa shape index (κ1) is 37.7. The topological polar surface area (TPSA) is 132 Å². The van der Waals surface area contributed by atoms with E-state index in [9.17, 15) is 14.4 Å². The minimum atomic E-state index is -0.736. The average Bonchev–Trinajstić information content (AvgIpc) is 2.85. The summed E-state index contributed by atoms with van der Waals surface area (Å²) in [5.41, 5.74) is 6.00. The summed E-state index contributed by atoms with van der Waals surface area (Å²) in [6, 6.07) is 6.81. The third kappa shape index (κ3) is 19.6. The van der Waals surface area contributed by atoms with Crippen molar-refractivity contribution in [3.8, 4) is 0 Å². The molecule has 0 saturated heterocycles. The number of carbonyl (C=O) groups excluding carboxylic acids is 3. The number of amides is 3. The van der Waals surface area contributed by atoms with Crippen molar-refractivity contribution in [3.05, 3.63) is 29.8 Å². The van der Waals surface area contributed by atoms with Gasteiger partial charge in [-0.2, -0.15) is 0 Å². The quantitative estimate of drug-likeness (QED) is 0.264. The zero-order valence-corrected chi connectivity index (χ0v) is 25.2. The van der Waals surface area contributed by atoms with Gasteiger partial charge in [0.05, 0.1) is 25.9 Å². The van der Waals surface area contributed by atoms with Crippen LogP contribution in [0.2, 0.25) is 0 Å². The van der Waals surface area contributed by atoms with Gasteiger partial charge < -0.3 is 31.2 Å². The van der Waals surface area contributed by atoms with E-state index in [0.29, 0.717) is 31.9 Å². The summed E-state index contributed by atoms with van der Waals surface area (Å²) < 4.78 is 10.9. The Bertz CT molecular complexity index is 765. The summed E-state index contributed by atoms with van der Waals surface area (Å²) >= 11 is 0. The predicted octanol–water partition coefficient (Wildman–Crippen LogP) is 4.05. The molecule has 38 heavy (non-hydrogen) atoms. The first-order valence-electron chi connectivity index (χ1n) is 13.7. The normalized spacial score (nSPS) is 11.3. The molecule has 0 bridgehead atoms. The summed E-state index contributed by atoms with van der Waals surface area (Å²) in [6.45, 7) is 19.3. The lowest BCUT2D eigenvalue weighted by Crippen LogP contribution is -2.47. The molecule has 0 radical (unpaired) electrons. The third-order valence-electron chi connectivity index (χ3n) is 4.97. The second-order valence-corrected chi connectivity index (χ2v) is 9.79. The molecule has 3 amide bonds. The molecular weight excluding hydrogens is 484 g/mol. The summed E-state index contributed by atoms with van der Waals surface area (Å²) in [6.07, 6.45) is 2.84. The Hall–Kier alpha value is -2.49. The lowest BCUT2D eigenvalue weighted by Gasteiger charge is -2.23. The molecule has 0 fully saturated rings. The van der Waals surface area contributed by atoms with Gasteiger partial charge in [0.1, 0.15) is 6.04 Å². The largest absolute Gasteiger partial charge is 0.379 e. The van der Waals surface area contributed by atoms with Gasteiger partial charge >= 0.3 is 0 Å². The van der Waals surface area contributed by atoms with E-state index in [1.54, 1.807) is 20.8 Å². The van der Waals surface area contributed by atoms with Gasteiger partial charge in [0, 0.05) is 17.7 Å². The van der Waals surface area contributed by atoms with E-state index in [0.717, 1.165) is 13.0 Å². The molecule has 5 N–H and O–H groups in total. The van der Waals surface area contributed by atoms with Crippen LogP contribution in [0.25, 0.3) is 0 Å². The number of hydrogen-bond donors (Lipinski definition) is 4. The lowest BCUT2D eigenvalue weighted by molar-refractivity contribution is -0.133.